The van der Waals surface area contributed by atoms with Gasteiger partial charge in [-0.05, 0) is 12.1 Å². The average molecular weight is 192 g/mol. The van der Waals surface area contributed by atoms with Crippen LogP contribution in [-0.4, -0.2) is 27.6 Å². The highest BCUT2D eigenvalue weighted by molar-refractivity contribution is 5.73. The lowest BCUT2D eigenvalue weighted by molar-refractivity contribution is 0.0498. The molecule has 5 heteroatoms. The molecule has 5 nitrogen and oxygen atoms in total. The molecule has 0 aliphatic rings. The standard InChI is InChI=1S/C9H8N2O3/c10-3-8(13)9(14)7-2-1-6(5-12)4-11-7/h1-2,4-5,8-9,13-14H. The third kappa shape index (κ3) is 2.13. The molecule has 72 valence electrons. The largest absolute Gasteiger partial charge is 0.383 e. The van der Waals surface area contributed by atoms with Gasteiger partial charge in [0.15, 0.2) is 12.4 Å². The molecule has 0 bridgehead atoms. The average Bonchev–Trinajstić information content (AvgIpc) is 2.27. The minimum Gasteiger partial charge on any atom is -0.383 e. The zero-order valence-electron chi connectivity index (χ0n) is 7.16. The first-order chi connectivity index (χ1) is 6.69. The molecule has 2 atom stereocenters. The van der Waals surface area contributed by atoms with Crippen LogP contribution in [0.5, 0.6) is 0 Å². The minimum atomic E-state index is -1.51. The Kier molecular flexibility index (Phi) is 3.29. The van der Waals surface area contributed by atoms with Gasteiger partial charge in [-0.25, -0.2) is 0 Å². The van der Waals surface area contributed by atoms with Crippen LogP contribution in [0.1, 0.15) is 22.2 Å². The second kappa shape index (κ2) is 4.46. The van der Waals surface area contributed by atoms with Gasteiger partial charge < -0.3 is 10.2 Å². The van der Waals surface area contributed by atoms with Crippen molar-refractivity contribution >= 4 is 6.29 Å². The summed E-state index contributed by atoms with van der Waals surface area (Å²) in [5.74, 6) is 0. The lowest BCUT2D eigenvalue weighted by Gasteiger charge is -2.10. The Balaban J connectivity index is 2.87. The summed E-state index contributed by atoms with van der Waals surface area (Å²) in [5.41, 5.74) is 0.525. The van der Waals surface area contributed by atoms with Crippen LogP contribution in [0, 0.1) is 11.3 Å². The second-order valence-corrected chi connectivity index (χ2v) is 2.65. The van der Waals surface area contributed by atoms with Gasteiger partial charge in [0, 0.05) is 11.8 Å². The Labute approximate surface area is 80.3 Å². The highest BCUT2D eigenvalue weighted by atomic mass is 16.3. The van der Waals surface area contributed by atoms with E-state index in [1.807, 2.05) is 0 Å². The topological polar surface area (TPSA) is 94.2 Å². The quantitative estimate of drug-likeness (QED) is 0.511. The normalized spacial score (nSPS) is 14.1. The van der Waals surface area contributed by atoms with Gasteiger partial charge in [-0.3, -0.25) is 9.78 Å². The van der Waals surface area contributed by atoms with Crippen LogP contribution in [0.3, 0.4) is 0 Å². The molecule has 0 saturated heterocycles. The zero-order valence-corrected chi connectivity index (χ0v) is 7.16. The Morgan fingerprint density at radius 2 is 2.21 bits per heavy atom. The maximum atomic E-state index is 10.3. The first-order valence-corrected chi connectivity index (χ1v) is 3.86. The van der Waals surface area contributed by atoms with Crippen LogP contribution in [0.15, 0.2) is 18.3 Å². The minimum absolute atomic E-state index is 0.157. The molecule has 0 aliphatic heterocycles. The first-order valence-electron chi connectivity index (χ1n) is 3.86. The number of hydrogen-bond donors (Lipinski definition) is 2. The maximum absolute atomic E-state index is 10.3. The number of aromatic nitrogens is 1. The van der Waals surface area contributed by atoms with Crippen molar-refractivity contribution in [2.75, 3.05) is 0 Å². The van der Waals surface area contributed by atoms with Gasteiger partial charge in [-0.1, -0.05) is 0 Å². The number of pyridine rings is 1. The highest BCUT2D eigenvalue weighted by Crippen LogP contribution is 2.13. The number of aliphatic hydroxyl groups is 2. The SMILES string of the molecule is N#CC(O)C(O)c1ccc(C=O)cn1. The molecule has 1 aromatic rings. The predicted octanol–water partition coefficient (Wildman–Crippen LogP) is -0.188. The molecular formula is C9H8N2O3. The van der Waals surface area contributed by atoms with Crippen molar-refractivity contribution in [1.82, 2.24) is 4.98 Å². The van der Waals surface area contributed by atoms with Crippen molar-refractivity contribution in [2.45, 2.75) is 12.2 Å². The number of aliphatic hydroxyl groups excluding tert-OH is 2. The van der Waals surface area contributed by atoms with E-state index in [-0.39, 0.29) is 5.69 Å². The number of nitrogens with zero attached hydrogens (tertiary/aromatic N) is 2. The Bertz CT molecular complexity index is 355. The fourth-order valence-corrected chi connectivity index (χ4v) is 0.894. The molecule has 2 unspecified atom stereocenters. The van der Waals surface area contributed by atoms with E-state index in [4.69, 9.17) is 10.4 Å². The van der Waals surface area contributed by atoms with Gasteiger partial charge in [0.05, 0.1) is 11.8 Å². The fourth-order valence-electron chi connectivity index (χ4n) is 0.894. The number of hydrogen-bond acceptors (Lipinski definition) is 5. The lowest BCUT2D eigenvalue weighted by Crippen LogP contribution is -2.16. The van der Waals surface area contributed by atoms with Crippen molar-refractivity contribution in [1.29, 1.82) is 5.26 Å². The van der Waals surface area contributed by atoms with Gasteiger partial charge >= 0.3 is 0 Å². The van der Waals surface area contributed by atoms with E-state index in [9.17, 15) is 9.90 Å². The zero-order chi connectivity index (χ0) is 10.6. The summed E-state index contributed by atoms with van der Waals surface area (Å²) in [7, 11) is 0. The summed E-state index contributed by atoms with van der Waals surface area (Å²) in [4.78, 5) is 14.0. The molecule has 1 heterocycles. The maximum Gasteiger partial charge on any atom is 0.171 e. The highest BCUT2D eigenvalue weighted by Gasteiger charge is 2.18. The van der Waals surface area contributed by atoms with Gasteiger partial charge in [0.25, 0.3) is 0 Å². The summed E-state index contributed by atoms with van der Waals surface area (Å²) in [5, 5.41) is 26.6. The molecule has 0 aromatic carbocycles. The van der Waals surface area contributed by atoms with E-state index in [0.717, 1.165) is 0 Å². The molecule has 0 saturated carbocycles. The number of nitriles is 1. The lowest BCUT2D eigenvalue weighted by atomic mass is 10.1. The van der Waals surface area contributed by atoms with E-state index in [1.165, 1.54) is 24.4 Å². The molecule has 14 heavy (non-hydrogen) atoms. The van der Waals surface area contributed by atoms with Crippen LogP contribution in [-0.2, 0) is 0 Å². The van der Waals surface area contributed by atoms with E-state index in [0.29, 0.717) is 11.8 Å². The summed E-state index contributed by atoms with van der Waals surface area (Å²) in [6.07, 6.45) is -0.982. The number of carbonyl (C=O) groups excluding carboxylic acids is 1. The van der Waals surface area contributed by atoms with E-state index < -0.39 is 12.2 Å². The summed E-state index contributed by atoms with van der Waals surface area (Å²) in [6.45, 7) is 0. The van der Waals surface area contributed by atoms with Gasteiger partial charge in [-0.2, -0.15) is 5.26 Å². The third-order valence-electron chi connectivity index (χ3n) is 1.68. The molecule has 1 aromatic heterocycles. The smallest absolute Gasteiger partial charge is 0.171 e. The van der Waals surface area contributed by atoms with E-state index >= 15 is 0 Å². The van der Waals surface area contributed by atoms with Crippen molar-refractivity contribution < 1.29 is 15.0 Å². The number of aldehydes is 1. The molecular weight excluding hydrogens is 184 g/mol. The molecule has 0 amide bonds. The van der Waals surface area contributed by atoms with Gasteiger partial charge in [0.1, 0.15) is 6.10 Å². The Hall–Kier alpha value is -1.77. The van der Waals surface area contributed by atoms with Crippen molar-refractivity contribution in [2.24, 2.45) is 0 Å². The first kappa shape index (κ1) is 10.3. The van der Waals surface area contributed by atoms with Crippen LogP contribution in [0.2, 0.25) is 0 Å². The van der Waals surface area contributed by atoms with E-state index in [1.54, 1.807) is 0 Å². The summed E-state index contributed by atoms with van der Waals surface area (Å²) >= 11 is 0. The summed E-state index contributed by atoms with van der Waals surface area (Å²) in [6, 6.07) is 4.32. The van der Waals surface area contributed by atoms with Gasteiger partial charge in [-0.15, -0.1) is 0 Å². The molecule has 1 rings (SSSR count). The summed E-state index contributed by atoms with van der Waals surface area (Å²) < 4.78 is 0. The molecule has 2 N–H and O–H groups in total. The van der Waals surface area contributed by atoms with Crippen LogP contribution in [0.25, 0.3) is 0 Å². The Morgan fingerprint density at radius 3 is 2.64 bits per heavy atom. The third-order valence-corrected chi connectivity index (χ3v) is 1.68. The Morgan fingerprint density at radius 1 is 1.50 bits per heavy atom. The van der Waals surface area contributed by atoms with Crippen LogP contribution in [0.4, 0.5) is 0 Å². The monoisotopic (exact) mass is 192 g/mol. The van der Waals surface area contributed by atoms with Crippen molar-refractivity contribution in [3.8, 4) is 6.07 Å². The van der Waals surface area contributed by atoms with E-state index in [2.05, 4.69) is 4.98 Å². The number of carbonyl (C=O) groups is 1. The van der Waals surface area contributed by atoms with Crippen molar-refractivity contribution in [3.05, 3.63) is 29.6 Å². The van der Waals surface area contributed by atoms with Gasteiger partial charge in [0.2, 0.25) is 0 Å². The molecule has 0 aliphatic carbocycles. The molecule has 0 radical (unpaired) electrons. The van der Waals surface area contributed by atoms with Crippen LogP contribution < -0.4 is 0 Å². The molecule has 0 fully saturated rings. The second-order valence-electron chi connectivity index (χ2n) is 2.65. The van der Waals surface area contributed by atoms with Crippen LogP contribution >= 0.6 is 0 Å². The number of rotatable bonds is 3. The predicted molar refractivity (Wildman–Crippen MR) is 46.2 cm³/mol. The van der Waals surface area contributed by atoms with Crippen molar-refractivity contribution in [3.63, 3.8) is 0 Å². The molecule has 0 spiro atoms. The fraction of sp³-hybridized carbons (Fsp3) is 0.222.